The van der Waals surface area contributed by atoms with Crippen molar-refractivity contribution < 1.29 is 19.0 Å². The molecule has 4 rings (SSSR count). The van der Waals surface area contributed by atoms with Crippen LogP contribution in [0.25, 0.3) is 0 Å². The van der Waals surface area contributed by atoms with Crippen molar-refractivity contribution in [3.8, 4) is 0 Å². The molecule has 0 aliphatic carbocycles. The highest BCUT2D eigenvalue weighted by Crippen LogP contribution is 2.52. The van der Waals surface area contributed by atoms with Gasteiger partial charge < -0.3 is 19.1 Å². The molecule has 0 saturated carbocycles. The first-order valence-corrected chi connectivity index (χ1v) is 9.93. The zero-order valence-electron chi connectivity index (χ0n) is 16.4. The van der Waals surface area contributed by atoms with Crippen LogP contribution >= 0.6 is 0 Å². The Hall–Kier alpha value is -2.21. The fraction of sp³-hybridized carbons (Fsp3) is 0.435. The smallest absolute Gasteiger partial charge is 0.315 e. The van der Waals surface area contributed by atoms with Gasteiger partial charge in [0, 0.05) is 19.5 Å². The second kappa shape index (κ2) is 8.03. The summed E-state index contributed by atoms with van der Waals surface area (Å²) < 4.78 is 18.6. The predicted octanol–water partition coefficient (Wildman–Crippen LogP) is 3.73. The molecule has 5 nitrogen and oxygen atoms in total. The van der Waals surface area contributed by atoms with Crippen molar-refractivity contribution in [2.24, 2.45) is 5.92 Å². The zero-order valence-corrected chi connectivity index (χ0v) is 16.4. The predicted molar refractivity (Wildman–Crippen MR) is 106 cm³/mol. The largest absolute Gasteiger partial charge is 0.466 e. The second-order valence-electron chi connectivity index (χ2n) is 7.53. The highest BCUT2D eigenvalue weighted by Gasteiger charge is 2.57. The van der Waals surface area contributed by atoms with E-state index >= 15 is 0 Å². The topological polar surface area (TPSA) is 48.0 Å². The van der Waals surface area contributed by atoms with Crippen LogP contribution < -0.4 is 0 Å². The van der Waals surface area contributed by atoms with Gasteiger partial charge in [0.1, 0.15) is 18.1 Å². The third-order valence-electron chi connectivity index (χ3n) is 5.62. The summed E-state index contributed by atoms with van der Waals surface area (Å²) in [5.74, 6) is -1.71. The number of esters is 1. The summed E-state index contributed by atoms with van der Waals surface area (Å²) in [7, 11) is 2.01. The van der Waals surface area contributed by atoms with Crippen LogP contribution in [0, 0.1) is 5.92 Å². The molecule has 2 aliphatic heterocycles. The highest BCUT2D eigenvalue weighted by molar-refractivity contribution is 5.74. The van der Waals surface area contributed by atoms with Crippen molar-refractivity contribution in [2.45, 2.75) is 31.3 Å². The van der Waals surface area contributed by atoms with E-state index in [0.717, 1.165) is 17.7 Å². The standard InChI is InChI=1S/C23H27NO4/c1-3-26-22(25)19-16-24(2)15-14-23(19)27-20(17-10-6-4-7-11-17)21(28-23)18-12-8-5-9-13-18/h4-13,19-21H,3,14-16H2,1-2H3. The third-order valence-corrected chi connectivity index (χ3v) is 5.62. The molecule has 5 heteroatoms. The molecular formula is C23H27NO4. The molecule has 148 valence electrons. The van der Waals surface area contributed by atoms with Crippen LogP contribution in [0.1, 0.15) is 36.7 Å². The molecule has 2 heterocycles. The maximum atomic E-state index is 12.8. The van der Waals surface area contributed by atoms with Crippen molar-refractivity contribution >= 4 is 5.97 Å². The first-order chi connectivity index (χ1) is 13.6. The summed E-state index contributed by atoms with van der Waals surface area (Å²) in [5.41, 5.74) is 2.10. The Balaban J connectivity index is 1.72. The second-order valence-corrected chi connectivity index (χ2v) is 7.53. The number of nitrogens with zero attached hydrogens (tertiary/aromatic N) is 1. The van der Waals surface area contributed by atoms with Crippen LogP contribution in [0.2, 0.25) is 0 Å². The number of hydrogen-bond donors (Lipinski definition) is 0. The molecule has 0 N–H and O–H groups in total. The molecule has 1 spiro atoms. The Morgan fingerprint density at radius 1 is 1.04 bits per heavy atom. The minimum absolute atomic E-state index is 0.255. The molecule has 2 fully saturated rings. The molecule has 2 saturated heterocycles. The quantitative estimate of drug-likeness (QED) is 0.756. The lowest BCUT2D eigenvalue weighted by Crippen LogP contribution is -2.55. The van der Waals surface area contributed by atoms with Crippen LogP contribution in [0.4, 0.5) is 0 Å². The first-order valence-electron chi connectivity index (χ1n) is 9.93. The van der Waals surface area contributed by atoms with E-state index in [2.05, 4.69) is 29.2 Å². The van der Waals surface area contributed by atoms with Crippen molar-refractivity contribution in [3.63, 3.8) is 0 Å². The highest BCUT2D eigenvalue weighted by atomic mass is 16.8. The molecule has 0 amide bonds. The van der Waals surface area contributed by atoms with E-state index in [1.54, 1.807) is 0 Å². The molecular weight excluding hydrogens is 354 g/mol. The van der Waals surface area contributed by atoms with E-state index < -0.39 is 11.7 Å². The SMILES string of the molecule is CCOC(=O)C1CN(C)CCC12OC(c1ccccc1)C(c1ccccc1)O2. The molecule has 28 heavy (non-hydrogen) atoms. The average Bonchev–Trinajstić information content (AvgIpc) is 3.12. The minimum atomic E-state index is -0.972. The van der Waals surface area contributed by atoms with Gasteiger partial charge in [0.15, 0.2) is 5.79 Å². The van der Waals surface area contributed by atoms with Gasteiger partial charge in [-0.3, -0.25) is 4.79 Å². The summed E-state index contributed by atoms with van der Waals surface area (Å²) in [6, 6.07) is 20.2. The van der Waals surface area contributed by atoms with Gasteiger partial charge in [0.2, 0.25) is 0 Å². The summed E-state index contributed by atoms with van der Waals surface area (Å²) in [6.45, 7) is 3.53. The number of ether oxygens (including phenoxy) is 3. The summed E-state index contributed by atoms with van der Waals surface area (Å²) in [6.07, 6.45) is 0.0764. The van der Waals surface area contributed by atoms with Crippen molar-refractivity contribution in [2.75, 3.05) is 26.7 Å². The third kappa shape index (κ3) is 3.58. The lowest BCUT2D eigenvalue weighted by molar-refractivity contribution is -0.239. The van der Waals surface area contributed by atoms with E-state index in [1.165, 1.54) is 0 Å². The lowest BCUT2D eigenvalue weighted by Gasteiger charge is -2.41. The number of carbonyl (C=O) groups excluding carboxylic acids is 1. The molecule has 2 aliphatic rings. The van der Waals surface area contributed by atoms with Crippen molar-refractivity contribution in [1.82, 2.24) is 4.90 Å². The summed E-state index contributed by atoms with van der Waals surface area (Å²) in [4.78, 5) is 14.9. The molecule has 3 atom stereocenters. The van der Waals surface area contributed by atoms with Crippen molar-refractivity contribution in [3.05, 3.63) is 71.8 Å². The van der Waals surface area contributed by atoms with Gasteiger partial charge in [-0.25, -0.2) is 0 Å². The number of hydrogen-bond acceptors (Lipinski definition) is 5. The molecule has 0 radical (unpaired) electrons. The van der Waals surface area contributed by atoms with Gasteiger partial charge in [-0.1, -0.05) is 60.7 Å². The molecule has 3 unspecified atom stereocenters. The number of likely N-dealkylation sites (tertiary alicyclic amines) is 1. The van der Waals surface area contributed by atoms with Crippen LogP contribution in [-0.4, -0.2) is 43.4 Å². The zero-order chi connectivity index (χ0) is 19.6. The fourth-order valence-corrected chi connectivity index (χ4v) is 4.19. The van der Waals surface area contributed by atoms with E-state index in [-0.39, 0.29) is 18.2 Å². The Bertz CT molecular complexity index is 747. The molecule has 0 bridgehead atoms. The maximum absolute atomic E-state index is 12.8. The van der Waals surface area contributed by atoms with Gasteiger partial charge >= 0.3 is 5.97 Å². The van der Waals surface area contributed by atoms with E-state index in [9.17, 15) is 4.79 Å². The fourth-order valence-electron chi connectivity index (χ4n) is 4.19. The minimum Gasteiger partial charge on any atom is -0.466 e. The monoisotopic (exact) mass is 381 g/mol. The number of carbonyl (C=O) groups is 1. The summed E-state index contributed by atoms with van der Waals surface area (Å²) in [5, 5.41) is 0. The van der Waals surface area contributed by atoms with E-state index in [1.807, 2.05) is 50.4 Å². The normalized spacial score (nSPS) is 30.4. The van der Waals surface area contributed by atoms with Gasteiger partial charge in [-0.15, -0.1) is 0 Å². The summed E-state index contributed by atoms with van der Waals surface area (Å²) >= 11 is 0. The molecule has 2 aromatic carbocycles. The van der Waals surface area contributed by atoms with Gasteiger partial charge in [-0.05, 0) is 25.1 Å². The maximum Gasteiger partial charge on any atom is 0.315 e. The Morgan fingerprint density at radius 3 is 2.07 bits per heavy atom. The Morgan fingerprint density at radius 2 is 1.57 bits per heavy atom. The molecule has 0 aromatic heterocycles. The number of benzene rings is 2. The van der Waals surface area contributed by atoms with Gasteiger partial charge in [0.25, 0.3) is 0 Å². The lowest BCUT2D eigenvalue weighted by atomic mass is 9.90. The van der Waals surface area contributed by atoms with E-state index in [0.29, 0.717) is 19.6 Å². The first kappa shape index (κ1) is 19.1. The average molecular weight is 381 g/mol. The number of piperidine rings is 1. The van der Waals surface area contributed by atoms with Crippen molar-refractivity contribution in [1.29, 1.82) is 0 Å². The van der Waals surface area contributed by atoms with Crippen LogP contribution in [-0.2, 0) is 19.0 Å². The number of rotatable bonds is 4. The van der Waals surface area contributed by atoms with Crippen LogP contribution in [0.5, 0.6) is 0 Å². The van der Waals surface area contributed by atoms with Crippen LogP contribution in [0.3, 0.4) is 0 Å². The van der Waals surface area contributed by atoms with Gasteiger partial charge in [0.05, 0.1) is 6.61 Å². The Kier molecular flexibility index (Phi) is 5.49. The Labute approximate surface area is 166 Å². The van der Waals surface area contributed by atoms with E-state index in [4.69, 9.17) is 14.2 Å². The van der Waals surface area contributed by atoms with Gasteiger partial charge in [-0.2, -0.15) is 0 Å². The molecule has 2 aromatic rings. The van der Waals surface area contributed by atoms with Crippen LogP contribution in [0.15, 0.2) is 60.7 Å².